The number of nitrogens with zero attached hydrogens (tertiary/aromatic N) is 1. The van der Waals surface area contributed by atoms with Crippen molar-refractivity contribution in [2.24, 2.45) is 0 Å². The first-order valence-electron chi connectivity index (χ1n) is 6.04. The van der Waals surface area contributed by atoms with Gasteiger partial charge in [-0.05, 0) is 27.7 Å². The molecule has 1 rings (SSSR count). The van der Waals surface area contributed by atoms with Crippen molar-refractivity contribution in [3.8, 4) is 0 Å². The highest BCUT2D eigenvalue weighted by Crippen LogP contribution is 2.13. The number of carbonyl (C=O) groups excluding carboxylic acids is 2. The van der Waals surface area contributed by atoms with Crippen LogP contribution in [0.5, 0.6) is 0 Å². The van der Waals surface area contributed by atoms with E-state index in [-0.39, 0.29) is 0 Å². The molecule has 112 valence electrons. The summed E-state index contributed by atoms with van der Waals surface area (Å²) in [5, 5.41) is 16.5. The SMILES string of the molecule is Cc1nc(NC(=O)C(CO)NC(=O)OC(C)(C)C)cs1. The lowest BCUT2D eigenvalue weighted by Crippen LogP contribution is -2.47. The van der Waals surface area contributed by atoms with E-state index in [1.54, 1.807) is 26.2 Å². The maximum absolute atomic E-state index is 11.9. The summed E-state index contributed by atoms with van der Waals surface area (Å²) < 4.78 is 5.02. The second-order valence-electron chi connectivity index (χ2n) is 5.12. The Hall–Kier alpha value is -1.67. The fraction of sp³-hybridized carbons (Fsp3) is 0.583. The minimum atomic E-state index is -1.09. The quantitative estimate of drug-likeness (QED) is 0.777. The van der Waals surface area contributed by atoms with Gasteiger partial charge in [-0.15, -0.1) is 11.3 Å². The first kappa shape index (κ1) is 16.4. The van der Waals surface area contributed by atoms with Crippen LogP contribution in [0.2, 0.25) is 0 Å². The lowest BCUT2D eigenvalue weighted by atomic mass is 10.2. The molecular formula is C12H19N3O4S. The van der Waals surface area contributed by atoms with Crippen LogP contribution in [0.25, 0.3) is 0 Å². The summed E-state index contributed by atoms with van der Waals surface area (Å²) in [4.78, 5) is 27.5. The summed E-state index contributed by atoms with van der Waals surface area (Å²) in [6, 6.07) is -1.09. The van der Waals surface area contributed by atoms with Gasteiger partial charge in [-0.1, -0.05) is 0 Å². The lowest BCUT2D eigenvalue weighted by Gasteiger charge is -2.22. The maximum Gasteiger partial charge on any atom is 0.408 e. The highest BCUT2D eigenvalue weighted by atomic mass is 32.1. The van der Waals surface area contributed by atoms with Crippen LogP contribution in [0.4, 0.5) is 10.6 Å². The molecule has 0 radical (unpaired) electrons. The predicted octanol–water partition coefficient (Wildman–Crippen LogP) is 1.28. The van der Waals surface area contributed by atoms with Crippen molar-refractivity contribution in [1.82, 2.24) is 10.3 Å². The number of amides is 2. The molecular weight excluding hydrogens is 282 g/mol. The fourth-order valence-corrected chi connectivity index (χ4v) is 1.82. The van der Waals surface area contributed by atoms with Gasteiger partial charge in [-0.25, -0.2) is 9.78 Å². The molecule has 1 atom stereocenters. The number of hydrogen-bond acceptors (Lipinski definition) is 6. The maximum atomic E-state index is 11.9. The molecule has 0 saturated heterocycles. The zero-order valence-electron chi connectivity index (χ0n) is 11.9. The number of aromatic nitrogens is 1. The van der Waals surface area contributed by atoms with E-state index in [1.807, 2.05) is 6.92 Å². The number of rotatable bonds is 4. The zero-order valence-corrected chi connectivity index (χ0v) is 12.7. The van der Waals surface area contributed by atoms with Crippen molar-refractivity contribution in [2.45, 2.75) is 39.3 Å². The molecule has 3 N–H and O–H groups in total. The highest BCUT2D eigenvalue weighted by Gasteiger charge is 2.24. The Kier molecular flexibility index (Phi) is 5.46. The number of aryl methyl sites for hydroxylation is 1. The Morgan fingerprint density at radius 2 is 2.15 bits per heavy atom. The highest BCUT2D eigenvalue weighted by molar-refractivity contribution is 7.09. The summed E-state index contributed by atoms with van der Waals surface area (Å²) in [5.41, 5.74) is -0.674. The molecule has 0 aromatic carbocycles. The molecule has 1 heterocycles. The van der Waals surface area contributed by atoms with Gasteiger partial charge in [0.2, 0.25) is 0 Å². The largest absolute Gasteiger partial charge is 0.444 e. The number of ether oxygens (including phenoxy) is 1. The van der Waals surface area contributed by atoms with Crippen LogP contribution in [0.3, 0.4) is 0 Å². The van der Waals surface area contributed by atoms with Crippen LogP contribution in [0, 0.1) is 6.92 Å². The molecule has 8 heteroatoms. The smallest absolute Gasteiger partial charge is 0.408 e. The van der Waals surface area contributed by atoms with Crippen LogP contribution >= 0.6 is 11.3 Å². The fourth-order valence-electron chi connectivity index (χ4n) is 1.28. The van der Waals surface area contributed by atoms with Gasteiger partial charge in [0.25, 0.3) is 5.91 Å². The van der Waals surface area contributed by atoms with E-state index < -0.39 is 30.3 Å². The van der Waals surface area contributed by atoms with Gasteiger partial charge >= 0.3 is 6.09 Å². The average molecular weight is 301 g/mol. The predicted molar refractivity (Wildman–Crippen MR) is 75.7 cm³/mol. The summed E-state index contributed by atoms with van der Waals surface area (Å²) in [6.45, 7) is 6.40. The number of hydrogen-bond donors (Lipinski definition) is 3. The van der Waals surface area contributed by atoms with Crippen molar-refractivity contribution in [1.29, 1.82) is 0 Å². The van der Waals surface area contributed by atoms with E-state index in [1.165, 1.54) is 11.3 Å². The van der Waals surface area contributed by atoms with Gasteiger partial charge in [0.15, 0.2) is 0 Å². The number of aliphatic hydroxyl groups is 1. The second kappa shape index (κ2) is 6.67. The van der Waals surface area contributed by atoms with Gasteiger partial charge in [-0.2, -0.15) is 0 Å². The van der Waals surface area contributed by atoms with Crippen LogP contribution < -0.4 is 10.6 Å². The molecule has 0 aliphatic carbocycles. The zero-order chi connectivity index (χ0) is 15.3. The first-order chi connectivity index (χ1) is 9.21. The minimum Gasteiger partial charge on any atom is -0.444 e. The normalized spacial score (nSPS) is 12.7. The minimum absolute atomic E-state index is 0.391. The topological polar surface area (TPSA) is 101 Å². The molecule has 0 aliphatic heterocycles. The number of anilines is 1. The summed E-state index contributed by atoms with van der Waals surface area (Å²) in [7, 11) is 0. The molecule has 1 aromatic rings. The Bertz CT molecular complexity index is 481. The van der Waals surface area contributed by atoms with Crippen LogP contribution in [-0.2, 0) is 9.53 Å². The number of carbonyl (C=O) groups is 2. The molecule has 1 aromatic heterocycles. The molecule has 1 unspecified atom stereocenters. The third-order valence-electron chi connectivity index (χ3n) is 2.06. The molecule has 0 bridgehead atoms. The first-order valence-corrected chi connectivity index (χ1v) is 6.92. The van der Waals surface area contributed by atoms with E-state index >= 15 is 0 Å². The molecule has 0 spiro atoms. The van der Waals surface area contributed by atoms with Gasteiger partial charge < -0.3 is 20.5 Å². The van der Waals surface area contributed by atoms with Crippen molar-refractivity contribution in [3.05, 3.63) is 10.4 Å². The standard InChI is InChI=1S/C12H19N3O4S/c1-7-13-9(6-20-7)15-10(17)8(5-16)14-11(18)19-12(2,3)4/h6,8,16H,5H2,1-4H3,(H,14,18)(H,15,17). The summed E-state index contributed by atoms with van der Waals surface area (Å²) >= 11 is 1.39. The molecule has 7 nitrogen and oxygen atoms in total. The van der Waals surface area contributed by atoms with Crippen LogP contribution in [-0.4, -0.2) is 40.3 Å². The van der Waals surface area contributed by atoms with Crippen LogP contribution in [0.15, 0.2) is 5.38 Å². The summed E-state index contributed by atoms with van der Waals surface area (Å²) in [5.74, 6) is -0.161. The Morgan fingerprint density at radius 3 is 2.60 bits per heavy atom. The molecule has 0 saturated carbocycles. The number of nitrogens with one attached hydrogen (secondary N) is 2. The number of alkyl carbamates (subject to hydrolysis) is 1. The lowest BCUT2D eigenvalue weighted by molar-refractivity contribution is -0.119. The third-order valence-corrected chi connectivity index (χ3v) is 2.83. The number of aliphatic hydroxyl groups excluding tert-OH is 1. The monoisotopic (exact) mass is 301 g/mol. The van der Waals surface area contributed by atoms with Crippen molar-refractivity contribution >= 4 is 29.2 Å². The van der Waals surface area contributed by atoms with Crippen molar-refractivity contribution in [3.63, 3.8) is 0 Å². The van der Waals surface area contributed by atoms with E-state index in [0.29, 0.717) is 5.82 Å². The van der Waals surface area contributed by atoms with E-state index in [4.69, 9.17) is 4.74 Å². The van der Waals surface area contributed by atoms with Crippen molar-refractivity contribution < 1.29 is 19.4 Å². The van der Waals surface area contributed by atoms with Gasteiger partial charge in [0.1, 0.15) is 17.5 Å². The molecule has 20 heavy (non-hydrogen) atoms. The Balaban J connectivity index is 2.57. The summed E-state index contributed by atoms with van der Waals surface area (Å²) in [6.07, 6.45) is -0.763. The Labute approximate surface area is 121 Å². The van der Waals surface area contributed by atoms with E-state index in [9.17, 15) is 14.7 Å². The molecule has 2 amide bonds. The molecule has 0 fully saturated rings. The van der Waals surface area contributed by atoms with Gasteiger partial charge in [-0.3, -0.25) is 4.79 Å². The van der Waals surface area contributed by atoms with E-state index in [0.717, 1.165) is 5.01 Å². The third kappa shape index (κ3) is 5.54. The van der Waals surface area contributed by atoms with Crippen LogP contribution in [0.1, 0.15) is 25.8 Å². The Morgan fingerprint density at radius 1 is 1.50 bits per heavy atom. The van der Waals surface area contributed by atoms with Gasteiger partial charge in [0.05, 0.1) is 11.6 Å². The van der Waals surface area contributed by atoms with Gasteiger partial charge in [0, 0.05) is 5.38 Å². The van der Waals surface area contributed by atoms with Crippen molar-refractivity contribution in [2.75, 3.05) is 11.9 Å². The number of thiazole rings is 1. The average Bonchev–Trinajstić information content (AvgIpc) is 2.69. The second-order valence-corrected chi connectivity index (χ2v) is 6.18. The molecule has 0 aliphatic rings. The van der Waals surface area contributed by atoms with E-state index in [2.05, 4.69) is 15.6 Å².